The Labute approximate surface area is 122 Å². The smallest absolute Gasteiger partial charge is 0.144 e. The van der Waals surface area contributed by atoms with Crippen LogP contribution >= 0.6 is 27.7 Å². The molecule has 0 aromatic heterocycles. The Morgan fingerprint density at radius 3 is 2.68 bits per heavy atom. The Kier molecular flexibility index (Phi) is 4.96. The summed E-state index contributed by atoms with van der Waals surface area (Å²) < 4.78 is 27.6. The van der Waals surface area contributed by atoms with E-state index in [2.05, 4.69) is 15.9 Å². The molecular weight excluding hydrogens is 334 g/mol. The molecule has 0 atom stereocenters. The van der Waals surface area contributed by atoms with Crippen molar-refractivity contribution < 1.29 is 13.9 Å². The van der Waals surface area contributed by atoms with Crippen molar-refractivity contribution in [3.63, 3.8) is 0 Å². The Bertz CT molecular complexity index is 590. The second-order valence-electron chi connectivity index (χ2n) is 3.92. The van der Waals surface area contributed by atoms with E-state index < -0.39 is 11.6 Å². The van der Waals surface area contributed by atoms with Crippen molar-refractivity contribution >= 4 is 27.7 Å². The summed E-state index contributed by atoms with van der Waals surface area (Å²) in [4.78, 5) is 0.866. The second kappa shape index (κ2) is 6.50. The predicted octanol–water partition coefficient (Wildman–Crippen LogP) is 4.51. The molecule has 0 bridgehead atoms. The van der Waals surface area contributed by atoms with Gasteiger partial charge in [0.1, 0.15) is 11.6 Å². The highest BCUT2D eigenvalue weighted by molar-refractivity contribution is 9.10. The van der Waals surface area contributed by atoms with Gasteiger partial charge in [0.2, 0.25) is 0 Å². The molecule has 0 spiro atoms. The number of thioether (sulfide) groups is 1. The second-order valence-corrected chi connectivity index (χ2v) is 5.82. The van der Waals surface area contributed by atoms with Crippen LogP contribution in [0, 0.1) is 11.6 Å². The topological polar surface area (TPSA) is 20.2 Å². The Hall–Kier alpha value is -0.910. The molecule has 0 heterocycles. The molecule has 0 aliphatic rings. The van der Waals surface area contributed by atoms with Crippen molar-refractivity contribution in [2.24, 2.45) is 0 Å². The van der Waals surface area contributed by atoms with E-state index in [1.807, 2.05) is 12.1 Å². The van der Waals surface area contributed by atoms with E-state index in [4.69, 9.17) is 5.11 Å². The summed E-state index contributed by atoms with van der Waals surface area (Å²) >= 11 is 4.37. The number of halogens is 3. The van der Waals surface area contributed by atoms with E-state index in [1.54, 1.807) is 12.1 Å². The van der Waals surface area contributed by atoms with E-state index in [-0.39, 0.29) is 22.4 Å². The first-order chi connectivity index (χ1) is 9.11. The monoisotopic (exact) mass is 344 g/mol. The number of hydrogen-bond donors (Lipinski definition) is 1. The number of aliphatic hydroxyl groups is 1. The first-order valence-electron chi connectivity index (χ1n) is 5.57. The summed E-state index contributed by atoms with van der Waals surface area (Å²) in [5, 5.41) is 9.04. The molecule has 0 unspecified atom stereocenters. The van der Waals surface area contributed by atoms with Crippen molar-refractivity contribution in [2.75, 3.05) is 0 Å². The third-order valence-electron chi connectivity index (χ3n) is 2.60. The van der Waals surface area contributed by atoms with Gasteiger partial charge in [0.25, 0.3) is 0 Å². The summed E-state index contributed by atoms with van der Waals surface area (Å²) in [5.41, 5.74) is 0.828. The van der Waals surface area contributed by atoms with Gasteiger partial charge >= 0.3 is 0 Å². The Morgan fingerprint density at radius 1 is 1.16 bits per heavy atom. The van der Waals surface area contributed by atoms with Crippen LogP contribution in [0.25, 0.3) is 0 Å². The van der Waals surface area contributed by atoms with Crippen molar-refractivity contribution in [1.82, 2.24) is 0 Å². The third kappa shape index (κ3) is 3.55. The molecule has 1 N–H and O–H groups in total. The minimum atomic E-state index is -0.564. The molecule has 5 heteroatoms. The molecule has 2 rings (SSSR count). The van der Waals surface area contributed by atoms with E-state index >= 15 is 0 Å². The van der Waals surface area contributed by atoms with E-state index in [0.717, 1.165) is 10.5 Å². The van der Waals surface area contributed by atoms with E-state index in [0.29, 0.717) is 0 Å². The van der Waals surface area contributed by atoms with Crippen LogP contribution in [0.1, 0.15) is 11.1 Å². The largest absolute Gasteiger partial charge is 0.392 e. The quantitative estimate of drug-likeness (QED) is 0.650. The Balaban J connectivity index is 2.16. The highest BCUT2D eigenvalue weighted by Gasteiger charge is 2.12. The van der Waals surface area contributed by atoms with Gasteiger partial charge in [-0.05, 0) is 45.8 Å². The van der Waals surface area contributed by atoms with Gasteiger partial charge in [0.05, 0.1) is 11.1 Å². The third-order valence-corrected chi connectivity index (χ3v) is 4.24. The molecule has 0 aliphatic heterocycles. The lowest BCUT2D eigenvalue weighted by atomic mass is 10.2. The van der Waals surface area contributed by atoms with Gasteiger partial charge in [-0.15, -0.1) is 11.8 Å². The molecule has 0 aliphatic carbocycles. The number of hydrogen-bond acceptors (Lipinski definition) is 2. The molecule has 1 nitrogen and oxygen atoms in total. The van der Waals surface area contributed by atoms with Crippen LogP contribution in [0.4, 0.5) is 8.78 Å². The van der Waals surface area contributed by atoms with Gasteiger partial charge in [-0.2, -0.15) is 0 Å². The molecule has 2 aromatic carbocycles. The van der Waals surface area contributed by atoms with Gasteiger partial charge < -0.3 is 5.11 Å². The van der Waals surface area contributed by atoms with Crippen molar-refractivity contribution in [2.45, 2.75) is 17.3 Å². The molecule has 100 valence electrons. The molecule has 0 saturated carbocycles. The van der Waals surface area contributed by atoms with Crippen LogP contribution in [0.2, 0.25) is 0 Å². The van der Waals surface area contributed by atoms with Crippen molar-refractivity contribution in [3.05, 3.63) is 63.6 Å². The lowest BCUT2D eigenvalue weighted by Gasteiger charge is -2.07. The average molecular weight is 345 g/mol. The van der Waals surface area contributed by atoms with Crippen molar-refractivity contribution in [1.29, 1.82) is 0 Å². The SMILES string of the molecule is OCc1cccc(SCc2c(F)ccc(Br)c2F)c1. The minimum Gasteiger partial charge on any atom is -0.392 e. The van der Waals surface area contributed by atoms with Crippen LogP contribution in [0.15, 0.2) is 45.8 Å². The fourth-order valence-corrected chi connectivity index (χ4v) is 2.95. The normalized spacial score (nSPS) is 10.7. The van der Waals surface area contributed by atoms with Gasteiger partial charge in [-0.3, -0.25) is 0 Å². The summed E-state index contributed by atoms with van der Waals surface area (Å²) in [6.45, 7) is -0.0476. The molecule has 0 radical (unpaired) electrons. The fourth-order valence-electron chi connectivity index (χ4n) is 1.59. The molecular formula is C14H11BrF2OS. The zero-order valence-electron chi connectivity index (χ0n) is 9.87. The summed E-state index contributed by atoms with van der Waals surface area (Å²) in [6.07, 6.45) is 0. The van der Waals surface area contributed by atoms with Crippen molar-refractivity contribution in [3.8, 4) is 0 Å². The highest BCUT2D eigenvalue weighted by atomic mass is 79.9. The summed E-state index contributed by atoms with van der Waals surface area (Å²) in [7, 11) is 0. The minimum absolute atomic E-state index is 0.0476. The molecule has 0 amide bonds. The fraction of sp³-hybridized carbons (Fsp3) is 0.143. The lowest BCUT2D eigenvalue weighted by Crippen LogP contribution is -1.94. The van der Waals surface area contributed by atoms with Gasteiger partial charge in [0, 0.05) is 16.2 Å². The molecule has 0 fully saturated rings. The van der Waals surface area contributed by atoms with Crippen LogP contribution in [-0.2, 0) is 12.4 Å². The predicted molar refractivity (Wildman–Crippen MR) is 76.0 cm³/mol. The van der Waals surface area contributed by atoms with E-state index in [1.165, 1.54) is 23.9 Å². The van der Waals surface area contributed by atoms with Crippen LogP contribution in [0.5, 0.6) is 0 Å². The first kappa shape index (κ1) is 14.5. The highest BCUT2D eigenvalue weighted by Crippen LogP contribution is 2.29. The Morgan fingerprint density at radius 2 is 1.95 bits per heavy atom. The number of aliphatic hydroxyl groups excluding tert-OH is 1. The van der Waals surface area contributed by atoms with Gasteiger partial charge in [-0.25, -0.2) is 8.78 Å². The zero-order chi connectivity index (χ0) is 13.8. The summed E-state index contributed by atoms with van der Waals surface area (Å²) in [6, 6.07) is 9.85. The maximum Gasteiger partial charge on any atom is 0.144 e. The van der Waals surface area contributed by atoms with E-state index in [9.17, 15) is 8.78 Å². The number of rotatable bonds is 4. The van der Waals surface area contributed by atoms with Gasteiger partial charge in [0.15, 0.2) is 0 Å². The summed E-state index contributed by atoms with van der Waals surface area (Å²) in [5.74, 6) is -0.913. The maximum absolute atomic E-state index is 13.8. The van der Waals surface area contributed by atoms with Crippen LogP contribution < -0.4 is 0 Å². The first-order valence-corrected chi connectivity index (χ1v) is 7.34. The number of benzene rings is 2. The van der Waals surface area contributed by atoms with Crippen LogP contribution in [0.3, 0.4) is 0 Å². The van der Waals surface area contributed by atoms with Gasteiger partial charge in [-0.1, -0.05) is 12.1 Å². The lowest BCUT2D eigenvalue weighted by molar-refractivity contribution is 0.281. The molecule has 19 heavy (non-hydrogen) atoms. The zero-order valence-corrected chi connectivity index (χ0v) is 12.3. The molecule has 2 aromatic rings. The average Bonchev–Trinajstić information content (AvgIpc) is 2.43. The maximum atomic E-state index is 13.8. The molecule has 0 saturated heterocycles. The van der Waals surface area contributed by atoms with Crippen LogP contribution in [-0.4, -0.2) is 5.11 Å². The standard InChI is InChI=1S/C14H11BrF2OS/c15-12-4-5-13(16)11(14(12)17)8-19-10-3-1-2-9(6-10)7-18/h1-6,18H,7-8H2.